The van der Waals surface area contributed by atoms with Gasteiger partial charge in [0.2, 0.25) is 17.7 Å². The molecule has 0 aliphatic carbocycles. The normalized spacial score (nSPS) is 15.3. The molecule has 100 valence electrons. The summed E-state index contributed by atoms with van der Waals surface area (Å²) < 4.78 is 0.987. The van der Waals surface area contributed by atoms with Gasteiger partial charge in [0.25, 0.3) is 5.56 Å². The molecule has 0 unspecified atom stereocenters. The fraction of sp³-hybridized carbons (Fsp3) is 0.300. The summed E-state index contributed by atoms with van der Waals surface area (Å²) >= 11 is 0. The van der Waals surface area contributed by atoms with E-state index in [9.17, 15) is 24.0 Å². The van der Waals surface area contributed by atoms with Crippen LogP contribution >= 0.6 is 0 Å². The van der Waals surface area contributed by atoms with E-state index in [-0.39, 0.29) is 19.6 Å². The Morgan fingerprint density at radius 3 is 2.37 bits per heavy atom. The van der Waals surface area contributed by atoms with E-state index in [0.717, 1.165) is 15.5 Å². The maximum atomic E-state index is 11.8. The number of aromatic nitrogens is 2. The number of hydrogen-bond acceptors (Lipinski definition) is 5. The minimum atomic E-state index is -0.728. The van der Waals surface area contributed by atoms with Gasteiger partial charge in [-0.05, 0) is 0 Å². The Hall–Kier alpha value is -2.71. The SMILES string of the molecule is O=C1CN(C(=O)Cn2ccc(=O)[nH]c2=O)CC(=O)N1. The van der Waals surface area contributed by atoms with Gasteiger partial charge in [-0.25, -0.2) is 4.79 Å². The van der Waals surface area contributed by atoms with Crippen molar-refractivity contribution in [2.75, 3.05) is 13.1 Å². The Morgan fingerprint density at radius 2 is 1.79 bits per heavy atom. The van der Waals surface area contributed by atoms with E-state index in [1.165, 1.54) is 6.20 Å². The molecule has 1 aliphatic heterocycles. The summed E-state index contributed by atoms with van der Waals surface area (Å²) in [6.07, 6.45) is 1.17. The smallest absolute Gasteiger partial charge is 0.323 e. The lowest BCUT2D eigenvalue weighted by molar-refractivity contribution is -0.145. The van der Waals surface area contributed by atoms with Crippen molar-refractivity contribution in [1.82, 2.24) is 19.8 Å². The first-order chi connectivity index (χ1) is 8.95. The average Bonchev–Trinajstić information content (AvgIpc) is 2.31. The van der Waals surface area contributed by atoms with Crippen LogP contribution in [0.3, 0.4) is 0 Å². The minimum absolute atomic E-state index is 0.233. The van der Waals surface area contributed by atoms with E-state index in [1.54, 1.807) is 0 Å². The number of aromatic amines is 1. The van der Waals surface area contributed by atoms with Crippen LogP contribution < -0.4 is 16.6 Å². The lowest BCUT2D eigenvalue weighted by Crippen LogP contribution is -2.54. The van der Waals surface area contributed by atoms with Gasteiger partial charge >= 0.3 is 5.69 Å². The van der Waals surface area contributed by atoms with Crippen LogP contribution in [0.25, 0.3) is 0 Å². The third kappa shape index (κ3) is 2.94. The van der Waals surface area contributed by atoms with E-state index in [2.05, 4.69) is 5.32 Å². The monoisotopic (exact) mass is 266 g/mol. The number of nitrogens with zero attached hydrogens (tertiary/aromatic N) is 2. The van der Waals surface area contributed by atoms with Gasteiger partial charge in [-0.15, -0.1) is 0 Å². The highest BCUT2D eigenvalue weighted by Gasteiger charge is 2.26. The van der Waals surface area contributed by atoms with E-state index in [4.69, 9.17) is 0 Å². The van der Waals surface area contributed by atoms with Gasteiger partial charge in [0.1, 0.15) is 19.6 Å². The van der Waals surface area contributed by atoms with E-state index in [0.29, 0.717) is 0 Å². The standard InChI is InChI=1S/C10H10N4O5/c15-6-1-2-13(10(19)12-6)5-9(18)14-3-7(16)11-8(17)4-14/h1-2H,3-5H2,(H,11,16,17)(H,12,15,19). The summed E-state index contributed by atoms with van der Waals surface area (Å²) in [5.74, 6) is -1.70. The largest absolute Gasteiger partial charge is 0.328 e. The average molecular weight is 266 g/mol. The highest BCUT2D eigenvalue weighted by molar-refractivity contribution is 6.02. The van der Waals surface area contributed by atoms with Gasteiger partial charge in [-0.2, -0.15) is 0 Å². The number of H-pyrrole nitrogens is 1. The van der Waals surface area contributed by atoms with Gasteiger partial charge in [-0.1, -0.05) is 0 Å². The molecule has 2 N–H and O–H groups in total. The lowest BCUT2D eigenvalue weighted by atomic mass is 10.3. The number of hydrogen-bond donors (Lipinski definition) is 2. The first-order valence-corrected chi connectivity index (χ1v) is 5.36. The molecule has 9 nitrogen and oxygen atoms in total. The third-order valence-electron chi connectivity index (χ3n) is 2.50. The molecular weight excluding hydrogens is 256 g/mol. The molecule has 0 saturated carbocycles. The molecule has 1 aliphatic rings. The van der Waals surface area contributed by atoms with E-state index >= 15 is 0 Å². The zero-order valence-electron chi connectivity index (χ0n) is 9.71. The van der Waals surface area contributed by atoms with Crippen LogP contribution in [0.4, 0.5) is 0 Å². The number of imide groups is 1. The lowest BCUT2D eigenvalue weighted by Gasteiger charge is -2.25. The van der Waals surface area contributed by atoms with Crippen molar-refractivity contribution in [1.29, 1.82) is 0 Å². The van der Waals surface area contributed by atoms with Gasteiger partial charge in [-0.3, -0.25) is 34.0 Å². The van der Waals surface area contributed by atoms with Crippen molar-refractivity contribution in [2.24, 2.45) is 0 Å². The molecule has 1 fully saturated rings. The molecule has 3 amide bonds. The summed E-state index contributed by atoms with van der Waals surface area (Å²) in [6, 6.07) is 1.10. The molecule has 2 heterocycles. The Balaban J connectivity index is 2.12. The fourth-order valence-electron chi connectivity index (χ4n) is 1.63. The molecule has 0 atom stereocenters. The van der Waals surface area contributed by atoms with Crippen molar-refractivity contribution in [3.05, 3.63) is 33.1 Å². The Morgan fingerprint density at radius 1 is 1.16 bits per heavy atom. The van der Waals surface area contributed by atoms with Gasteiger partial charge in [0.05, 0.1) is 0 Å². The van der Waals surface area contributed by atoms with Gasteiger partial charge < -0.3 is 4.90 Å². The van der Waals surface area contributed by atoms with Crippen LogP contribution in [-0.4, -0.2) is 45.3 Å². The topological polar surface area (TPSA) is 121 Å². The maximum Gasteiger partial charge on any atom is 0.328 e. The summed E-state index contributed by atoms with van der Waals surface area (Å²) in [6.45, 7) is -0.818. The molecule has 1 aromatic heterocycles. The molecule has 9 heteroatoms. The molecule has 0 bridgehead atoms. The second-order valence-electron chi connectivity index (χ2n) is 3.96. The first-order valence-electron chi connectivity index (χ1n) is 5.36. The molecule has 19 heavy (non-hydrogen) atoms. The van der Waals surface area contributed by atoms with Crippen molar-refractivity contribution < 1.29 is 14.4 Å². The first kappa shape index (κ1) is 12.7. The van der Waals surface area contributed by atoms with E-state index in [1.807, 2.05) is 4.98 Å². The van der Waals surface area contributed by atoms with Crippen LogP contribution in [0.1, 0.15) is 0 Å². The molecule has 1 aromatic rings. The Labute approximate surface area is 105 Å². The Bertz CT molecular complexity index is 642. The van der Waals surface area contributed by atoms with Gasteiger partial charge in [0.15, 0.2) is 0 Å². The van der Waals surface area contributed by atoms with Crippen LogP contribution in [0.15, 0.2) is 21.9 Å². The highest BCUT2D eigenvalue weighted by Crippen LogP contribution is 1.97. The zero-order valence-corrected chi connectivity index (χ0v) is 9.71. The fourth-order valence-corrected chi connectivity index (χ4v) is 1.63. The molecule has 2 rings (SSSR count). The number of rotatable bonds is 2. The number of carbonyl (C=O) groups excluding carboxylic acids is 3. The predicted molar refractivity (Wildman–Crippen MR) is 61.1 cm³/mol. The third-order valence-corrected chi connectivity index (χ3v) is 2.50. The second-order valence-corrected chi connectivity index (χ2v) is 3.96. The molecule has 0 spiro atoms. The summed E-state index contributed by atoms with van der Waals surface area (Å²) in [4.78, 5) is 59.3. The molecule has 1 saturated heterocycles. The van der Waals surface area contributed by atoms with Crippen molar-refractivity contribution in [2.45, 2.75) is 6.54 Å². The highest BCUT2D eigenvalue weighted by atomic mass is 16.2. The van der Waals surface area contributed by atoms with Crippen LogP contribution in [0.5, 0.6) is 0 Å². The quantitative estimate of drug-likeness (QED) is 0.553. The van der Waals surface area contributed by atoms with Crippen molar-refractivity contribution in [3.8, 4) is 0 Å². The van der Waals surface area contributed by atoms with Gasteiger partial charge in [0, 0.05) is 12.3 Å². The summed E-state index contributed by atoms with van der Waals surface area (Å²) in [5, 5.41) is 2.06. The molecule has 0 aromatic carbocycles. The van der Waals surface area contributed by atoms with Crippen LogP contribution in [0, 0.1) is 0 Å². The Kier molecular flexibility index (Phi) is 3.27. The number of piperazine rings is 1. The summed E-state index contributed by atoms with van der Waals surface area (Å²) in [5.41, 5.74) is -1.30. The van der Waals surface area contributed by atoms with Crippen LogP contribution in [0.2, 0.25) is 0 Å². The number of nitrogens with one attached hydrogen (secondary N) is 2. The van der Waals surface area contributed by atoms with Crippen molar-refractivity contribution in [3.63, 3.8) is 0 Å². The maximum absolute atomic E-state index is 11.8. The molecular formula is C10H10N4O5. The summed E-state index contributed by atoms with van der Waals surface area (Å²) in [7, 11) is 0. The molecule has 0 radical (unpaired) electrons. The van der Waals surface area contributed by atoms with Crippen LogP contribution in [-0.2, 0) is 20.9 Å². The van der Waals surface area contributed by atoms with Crippen molar-refractivity contribution >= 4 is 17.7 Å². The second kappa shape index (κ2) is 4.88. The van der Waals surface area contributed by atoms with E-state index < -0.39 is 29.0 Å². The minimum Gasteiger partial charge on any atom is -0.323 e. The zero-order chi connectivity index (χ0) is 14.0. The number of amides is 3. The predicted octanol–water partition coefficient (Wildman–Crippen LogP) is -2.98. The number of carbonyl (C=O) groups is 3.